The Morgan fingerprint density at radius 3 is 1.09 bits per heavy atom. The van der Waals surface area contributed by atoms with Crippen LogP contribution in [0.25, 0.3) is 33.1 Å². The predicted molar refractivity (Wildman–Crippen MR) is 168 cm³/mol. The van der Waals surface area contributed by atoms with Gasteiger partial charge in [-0.3, -0.25) is 0 Å². The molecule has 2 N–H and O–H groups in total. The number of carbonyl (C=O) groups is 2. The molecule has 0 amide bonds. The second-order valence-corrected chi connectivity index (χ2v) is 6.69. The van der Waals surface area contributed by atoms with Crippen molar-refractivity contribution in [3.8, 4) is 22.3 Å². The first-order valence-electron chi connectivity index (χ1n) is 11.8. The second-order valence-electron chi connectivity index (χ2n) is 6.33. The van der Waals surface area contributed by atoms with E-state index in [4.69, 9.17) is 21.0 Å². The average Bonchev–Trinajstić information content (AvgIpc) is 3.01. The topological polar surface area (TPSA) is 119 Å². The number of thiocarbonyl (C=S) groups is 2. The zero-order valence-electron chi connectivity index (χ0n) is 24.6. The van der Waals surface area contributed by atoms with E-state index in [0.29, 0.717) is 11.1 Å². The fourth-order valence-electron chi connectivity index (χ4n) is 2.63. The summed E-state index contributed by atoms with van der Waals surface area (Å²) >= 11 is 7.40. The van der Waals surface area contributed by atoms with Crippen molar-refractivity contribution in [2.24, 2.45) is 0 Å². The van der Waals surface area contributed by atoms with Gasteiger partial charge < -0.3 is 21.0 Å². The number of isothiocyanates is 2. The Kier molecular flexibility index (Phi) is 48.8. The molecule has 0 unspecified atom stereocenters. The Labute approximate surface area is 360 Å². The summed E-state index contributed by atoms with van der Waals surface area (Å²) < 4.78 is 0. The number of rotatable bonds is 4. The maximum absolute atomic E-state index is 10.8. The Hall–Kier alpha value is -0.645. The van der Waals surface area contributed by atoms with Crippen LogP contribution in [0.4, 0.5) is 0 Å². The summed E-state index contributed by atoms with van der Waals surface area (Å²) in [6.45, 7) is 8.00. The monoisotopic (exact) mass is 937 g/mol. The third-order valence-corrected chi connectivity index (χ3v) is 4.10. The summed E-state index contributed by atoms with van der Waals surface area (Å²) in [4.78, 5) is 21.7. The van der Waals surface area contributed by atoms with E-state index in [9.17, 15) is 9.59 Å². The maximum Gasteiger partial charge on any atom is 6.00 e. The molecule has 6 nitrogen and oxygen atoms in total. The maximum atomic E-state index is 10.8. The van der Waals surface area contributed by atoms with Crippen molar-refractivity contribution in [2.45, 2.75) is 27.7 Å². The zero-order chi connectivity index (χ0) is 30.8. The Bertz CT molecular complexity index is 1250. The van der Waals surface area contributed by atoms with Crippen LogP contribution < -0.4 is 0 Å². The Balaban J connectivity index is -0.000000122. The van der Waals surface area contributed by atoms with Gasteiger partial charge >= 0.3 is 31.4 Å². The molecule has 0 bridgehead atoms. The number of carboxylic acid groups (broad SMARTS) is 2. The molecule has 12 heteroatoms. The van der Waals surface area contributed by atoms with Crippen LogP contribution in [-0.2, 0) is 118 Å². The van der Waals surface area contributed by atoms with E-state index in [1.165, 1.54) is 46.7 Å². The third kappa shape index (κ3) is 25.5. The second kappa shape index (κ2) is 38.5. The molecule has 0 aliphatic rings. The molecule has 0 aromatic heterocycles. The van der Waals surface area contributed by atoms with E-state index in [0.717, 1.165) is 11.1 Å². The van der Waals surface area contributed by atoms with Crippen molar-refractivity contribution in [3.05, 3.63) is 131 Å². The fourth-order valence-corrected chi connectivity index (χ4v) is 2.63. The quantitative estimate of drug-likeness (QED) is 0.0916. The Morgan fingerprint density at radius 1 is 0.591 bits per heavy atom. The van der Waals surface area contributed by atoms with Crippen molar-refractivity contribution in [1.29, 1.82) is 0 Å². The molecule has 44 heavy (non-hydrogen) atoms. The standard InChI is InChI=1S/C14H8O4.C12H8.2C2H6.2CNS.Ru.3Y/c15-13(16)11-5-1-3-9(7-11)10-4-2-6-12(8-10)14(17)18;1-3-7-11(8-4-1)12-9-5-2-6-10-12;2*1-2;2*2-1-3;;;;/h1-2,5-8H,(H,15,16)(H,17,18);1-7,9H;2*1-2H3;;;;;;/q2*-2;;;2*-1;+6;;;. The van der Waals surface area contributed by atoms with E-state index in [1.807, 2.05) is 76.2 Å². The molecule has 0 saturated heterocycles. The minimum Gasteiger partial charge on any atom is -0.753 e. The van der Waals surface area contributed by atoms with Crippen molar-refractivity contribution >= 4 is 46.7 Å². The molecule has 4 aromatic rings. The van der Waals surface area contributed by atoms with Gasteiger partial charge in [0.2, 0.25) is 0 Å². The summed E-state index contributed by atoms with van der Waals surface area (Å²) in [6.07, 6.45) is 0. The van der Waals surface area contributed by atoms with Gasteiger partial charge in [-0.2, -0.15) is 95.3 Å². The molecular weight excluding hydrogens is 908 g/mol. The van der Waals surface area contributed by atoms with Crippen molar-refractivity contribution in [2.75, 3.05) is 0 Å². The fraction of sp³-hybridized carbons (Fsp3) is 0.125. The number of aromatic carboxylic acids is 2. The van der Waals surface area contributed by atoms with Crippen LogP contribution in [0.1, 0.15) is 48.4 Å². The number of hydrogen-bond donors (Lipinski definition) is 2. The van der Waals surface area contributed by atoms with Gasteiger partial charge in [-0.05, 0) is 11.1 Å². The molecule has 0 saturated carbocycles. The van der Waals surface area contributed by atoms with Gasteiger partial charge in [0.1, 0.15) is 0 Å². The summed E-state index contributed by atoms with van der Waals surface area (Å²) in [7, 11) is 0. The molecule has 4 aromatic carbocycles. The largest absolute Gasteiger partial charge is 6.00 e. The molecule has 219 valence electrons. The SMILES string of the molecule is CC.CC.O=C(O)c1cc[c-]c(-c2[c-]ccc(C(=O)O)c2)c1.[N-]=C=S.[N-]=C=S.[Ru+6].[Y].[Y].[Y].[c-]1ccccc1-c1[c-]cccc1. The summed E-state index contributed by atoms with van der Waals surface area (Å²) in [6, 6.07) is 36.5. The average molecular weight is 937 g/mol. The number of hydrogen-bond acceptors (Lipinski definition) is 4. The van der Waals surface area contributed by atoms with Crippen molar-refractivity contribution in [1.82, 2.24) is 0 Å². The van der Waals surface area contributed by atoms with Crippen LogP contribution in [0.15, 0.2) is 84.9 Å². The Morgan fingerprint density at radius 2 is 0.864 bits per heavy atom. The first-order valence-corrected chi connectivity index (χ1v) is 12.7. The molecule has 3 radical (unpaired) electrons. The smallest absolute Gasteiger partial charge is 0.753 e. The molecule has 0 aliphatic carbocycles. The predicted octanol–water partition coefficient (Wildman–Crippen LogP) is 8.66. The number of benzene rings is 4. The summed E-state index contributed by atoms with van der Waals surface area (Å²) in [5.41, 5.74) is 3.43. The molecule has 0 atom stereocenters. The van der Waals surface area contributed by atoms with E-state index in [-0.39, 0.29) is 129 Å². The van der Waals surface area contributed by atoms with Crippen LogP contribution in [0.3, 0.4) is 0 Å². The first kappa shape index (κ1) is 55.7. The first-order chi connectivity index (χ1) is 19.4. The zero-order valence-corrected chi connectivity index (χ0v) is 36.5. The molecule has 0 spiro atoms. The van der Waals surface area contributed by atoms with Crippen LogP contribution in [-0.4, -0.2) is 32.5 Å². The van der Waals surface area contributed by atoms with Gasteiger partial charge in [-0.1, -0.05) is 52.1 Å². The molecule has 0 heterocycles. The molecule has 0 aliphatic heterocycles. The van der Waals surface area contributed by atoms with Gasteiger partial charge in [-0.15, -0.1) is 24.3 Å². The minimum absolute atomic E-state index is 0. The number of carboxylic acids is 2. The van der Waals surface area contributed by atoms with Gasteiger partial charge in [-0.25, -0.2) is 31.8 Å². The van der Waals surface area contributed by atoms with E-state index in [1.54, 1.807) is 0 Å². The number of nitrogens with zero attached hydrogens (tertiary/aromatic N) is 2. The third-order valence-electron chi connectivity index (χ3n) is 4.10. The van der Waals surface area contributed by atoms with E-state index >= 15 is 0 Å². The van der Waals surface area contributed by atoms with E-state index in [2.05, 4.69) is 48.7 Å². The van der Waals surface area contributed by atoms with Crippen LogP contribution >= 0.6 is 24.4 Å². The van der Waals surface area contributed by atoms with Crippen LogP contribution in [0.5, 0.6) is 0 Å². The van der Waals surface area contributed by atoms with Gasteiger partial charge in [0.05, 0.1) is 0 Å². The van der Waals surface area contributed by atoms with Gasteiger partial charge in [0, 0.05) is 98.1 Å². The van der Waals surface area contributed by atoms with Crippen molar-refractivity contribution in [3.63, 3.8) is 0 Å². The summed E-state index contributed by atoms with van der Waals surface area (Å²) in [5, 5.41) is 34.7. The minimum atomic E-state index is -1.04. The van der Waals surface area contributed by atoms with Gasteiger partial charge in [0.15, 0.2) is 0 Å². The summed E-state index contributed by atoms with van der Waals surface area (Å²) in [5.74, 6) is -2.08. The normalized spacial score (nSPS) is 7.36. The van der Waals surface area contributed by atoms with Crippen LogP contribution in [0.2, 0.25) is 0 Å². The van der Waals surface area contributed by atoms with Gasteiger partial charge in [0.25, 0.3) is 0 Å². The molecule has 4 rings (SSSR count). The van der Waals surface area contributed by atoms with Crippen molar-refractivity contribution < 1.29 is 137 Å². The van der Waals surface area contributed by atoms with Crippen LogP contribution in [0, 0.1) is 24.3 Å². The van der Waals surface area contributed by atoms with E-state index < -0.39 is 11.9 Å². The molecular formula is C32H28N2O4RuS2Y3. The molecule has 0 fully saturated rings.